The zero-order valence-electron chi connectivity index (χ0n) is 10.9. The number of piperazine rings is 1. The van der Waals surface area contributed by atoms with E-state index in [1.165, 1.54) is 22.0 Å². The van der Waals surface area contributed by atoms with Crippen LogP contribution < -0.4 is 10.2 Å². The molecule has 2 aromatic rings. The minimum absolute atomic E-state index is 1.09. The fraction of sp³-hybridized carbons (Fsp3) is 0.375. The lowest BCUT2D eigenvalue weighted by Crippen LogP contribution is -2.43. The molecule has 0 unspecified atom stereocenters. The third kappa shape index (κ3) is 1.97. The third-order valence-electron chi connectivity index (χ3n) is 3.83. The van der Waals surface area contributed by atoms with Gasteiger partial charge >= 0.3 is 0 Å². The molecule has 1 N–H and O–H groups in total. The molecule has 18 heavy (non-hydrogen) atoms. The van der Waals surface area contributed by atoms with Gasteiger partial charge in [0.1, 0.15) is 0 Å². The van der Waals surface area contributed by atoms with Crippen LogP contribution in [0.2, 0.25) is 0 Å². The first-order valence-corrected chi connectivity index (χ1v) is 6.86. The Morgan fingerprint density at radius 3 is 2.50 bits per heavy atom. The maximum Gasteiger partial charge on any atom is 0.0446 e. The van der Waals surface area contributed by atoms with Crippen molar-refractivity contribution in [2.75, 3.05) is 31.1 Å². The van der Waals surface area contributed by atoms with Crippen LogP contribution in [0.4, 0.5) is 5.69 Å². The monoisotopic (exact) mass is 240 g/mol. The van der Waals surface area contributed by atoms with Crippen LogP contribution in [0.3, 0.4) is 0 Å². The van der Waals surface area contributed by atoms with Gasteiger partial charge in [-0.1, -0.05) is 37.3 Å². The van der Waals surface area contributed by atoms with Crippen LogP contribution in [0.15, 0.2) is 36.4 Å². The summed E-state index contributed by atoms with van der Waals surface area (Å²) < 4.78 is 0. The van der Waals surface area contributed by atoms with E-state index in [1.54, 1.807) is 0 Å². The van der Waals surface area contributed by atoms with Crippen LogP contribution in [-0.2, 0) is 6.42 Å². The minimum atomic E-state index is 1.09. The second kappa shape index (κ2) is 4.99. The van der Waals surface area contributed by atoms with Gasteiger partial charge in [-0.25, -0.2) is 0 Å². The SMILES string of the molecule is CCc1cccc2c(N3CCNCC3)cccc12. The van der Waals surface area contributed by atoms with Crippen LogP contribution in [0.25, 0.3) is 10.8 Å². The van der Waals surface area contributed by atoms with E-state index >= 15 is 0 Å². The predicted molar refractivity (Wildman–Crippen MR) is 78.4 cm³/mol. The van der Waals surface area contributed by atoms with E-state index in [1.807, 2.05) is 0 Å². The summed E-state index contributed by atoms with van der Waals surface area (Å²) in [6.07, 6.45) is 1.10. The second-order valence-corrected chi connectivity index (χ2v) is 4.88. The molecule has 0 aliphatic carbocycles. The Labute approximate surface area is 109 Å². The Balaban J connectivity index is 2.11. The highest BCUT2D eigenvalue weighted by atomic mass is 15.2. The lowest BCUT2D eigenvalue weighted by Gasteiger charge is -2.30. The fourth-order valence-corrected chi connectivity index (χ4v) is 2.85. The van der Waals surface area contributed by atoms with Gasteiger partial charge in [-0.05, 0) is 23.4 Å². The van der Waals surface area contributed by atoms with Crippen LogP contribution in [0, 0.1) is 0 Å². The Bertz CT molecular complexity index is 542. The number of benzene rings is 2. The van der Waals surface area contributed by atoms with Gasteiger partial charge in [0.15, 0.2) is 0 Å². The molecule has 1 heterocycles. The average molecular weight is 240 g/mol. The molecule has 94 valence electrons. The Morgan fingerprint density at radius 2 is 1.72 bits per heavy atom. The van der Waals surface area contributed by atoms with Crippen molar-refractivity contribution >= 4 is 16.5 Å². The third-order valence-corrected chi connectivity index (χ3v) is 3.83. The second-order valence-electron chi connectivity index (χ2n) is 4.88. The van der Waals surface area contributed by atoms with Gasteiger partial charge in [0.25, 0.3) is 0 Å². The molecule has 1 saturated heterocycles. The predicted octanol–water partition coefficient (Wildman–Crippen LogP) is 2.81. The number of hydrogen-bond donors (Lipinski definition) is 1. The van der Waals surface area contributed by atoms with Crippen LogP contribution in [-0.4, -0.2) is 26.2 Å². The molecule has 2 heteroatoms. The van der Waals surface area contributed by atoms with Gasteiger partial charge in [0.05, 0.1) is 0 Å². The lowest BCUT2D eigenvalue weighted by atomic mass is 10.0. The van der Waals surface area contributed by atoms with E-state index in [0.717, 1.165) is 32.6 Å². The van der Waals surface area contributed by atoms with E-state index in [0.29, 0.717) is 0 Å². The summed E-state index contributed by atoms with van der Waals surface area (Å²) in [5.74, 6) is 0. The van der Waals surface area contributed by atoms with Crippen LogP contribution in [0.1, 0.15) is 12.5 Å². The summed E-state index contributed by atoms with van der Waals surface area (Å²) in [7, 11) is 0. The molecule has 0 saturated carbocycles. The van der Waals surface area contributed by atoms with E-state index < -0.39 is 0 Å². The molecule has 3 rings (SSSR count). The van der Waals surface area contributed by atoms with Crippen molar-refractivity contribution in [1.29, 1.82) is 0 Å². The topological polar surface area (TPSA) is 15.3 Å². The summed E-state index contributed by atoms with van der Waals surface area (Å²) in [5.41, 5.74) is 2.84. The van der Waals surface area contributed by atoms with Crippen molar-refractivity contribution in [2.24, 2.45) is 0 Å². The fourth-order valence-electron chi connectivity index (χ4n) is 2.85. The van der Waals surface area contributed by atoms with Crippen molar-refractivity contribution in [1.82, 2.24) is 5.32 Å². The zero-order valence-corrected chi connectivity index (χ0v) is 10.9. The summed E-state index contributed by atoms with van der Waals surface area (Å²) in [4.78, 5) is 2.50. The lowest BCUT2D eigenvalue weighted by molar-refractivity contribution is 0.590. The molecular weight excluding hydrogens is 220 g/mol. The molecule has 2 nitrogen and oxygen atoms in total. The average Bonchev–Trinajstić information content (AvgIpc) is 2.47. The molecule has 0 atom stereocenters. The van der Waals surface area contributed by atoms with Crippen molar-refractivity contribution in [3.8, 4) is 0 Å². The van der Waals surface area contributed by atoms with Gasteiger partial charge in [-0.3, -0.25) is 0 Å². The first-order valence-electron chi connectivity index (χ1n) is 6.86. The van der Waals surface area contributed by atoms with E-state index in [4.69, 9.17) is 0 Å². The van der Waals surface area contributed by atoms with E-state index in [9.17, 15) is 0 Å². The highest BCUT2D eigenvalue weighted by Gasteiger charge is 2.13. The van der Waals surface area contributed by atoms with Gasteiger partial charge in [-0.15, -0.1) is 0 Å². The molecule has 0 spiro atoms. The standard InChI is InChI=1S/C16H20N2/c1-2-13-5-3-7-15-14(13)6-4-8-16(15)18-11-9-17-10-12-18/h3-8,17H,2,9-12H2,1H3. The molecule has 0 radical (unpaired) electrons. The molecule has 0 amide bonds. The van der Waals surface area contributed by atoms with Crippen molar-refractivity contribution in [3.63, 3.8) is 0 Å². The minimum Gasteiger partial charge on any atom is -0.368 e. The summed E-state index contributed by atoms with van der Waals surface area (Å²) in [6, 6.07) is 13.4. The number of nitrogens with zero attached hydrogens (tertiary/aromatic N) is 1. The molecule has 0 bridgehead atoms. The van der Waals surface area contributed by atoms with Crippen molar-refractivity contribution < 1.29 is 0 Å². The van der Waals surface area contributed by atoms with Crippen molar-refractivity contribution in [2.45, 2.75) is 13.3 Å². The number of hydrogen-bond acceptors (Lipinski definition) is 2. The van der Waals surface area contributed by atoms with Gasteiger partial charge in [-0.2, -0.15) is 0 Å². The molecule has 1 aliphatic rings. The first kappa shape index (κ1) is 11.5. The first-order chi connectivity index (χ1) is 8.90. The number of rotatable bonds is 2. The number of anilines is 1. The number of aryl methyl sites for hydroxylation is 1. The molecule has 0 aromatic heterocycles. The molecule has 1 aliphatic heterocycles. The molecular formula is C16H20N2. The Kier molecular flexibility index (Phi) is 3.20. The van der Waals surface area contributed by atoms with E-state index in [2.05, 4.69) is 53.5 Å². The Morgan fingerprint density at radius 1 is 1.00 bits per heavy atom. The quantitative estimate of drug-likeness (QED) is 0.868. The highest BCUT2D eigenvalue weighted by Crippen LogP contribution is 2.29. The molecule has 2 aromatic carbocycles. The van der Waals surface area contributed by atoms with Gasteiger partial charge < -0.3 is 10.2 Å². The number of fused-ring (bicyclic) bond motifs is 1. The van der Waals surface area contributed by atoms with Gasteiger partial charge in [0.2, 0.25) is 0 Å². The van der Waals surface area contributed by atoms with E-state index in [-0.39, 0.29) is 0 Å². The van der Waals surface area contributed by atoms with Crippen LogP contribution in [0.5, 0.6) is 0 Å². The zero-order chi connectivity index (χ0) is 12.4. The van der Waals surface area contributed by atoms with Crippen molar-refractivity contribution in [3.05, 3.63) is 42.0 Å². The Hall–Kier alpha value is -1.54. The summed E-state index contributed by atoms with van der Waals surface area (Å²) >= 11 is 0. The summed E-state index contributed by atoms with van der Waals surface area (Å²) in [5, 5.41) is 6.23. The smallest absolute Gasteiger partial charge is 0.0446 e. The molecule has 1 fully saturated rings. The normalized spacial score (nSPS) is 16.2. The summed E-state index contributed by atoms with van der Waals surface area (Å²) in [6.45, 7) is 6.62. The number of nitrogens with one attached hydrogen (secondary N) is 1. The largest absolute Gasteiger partial charge is 0.368 e. The maximum atomic E-state index is 3.41. The van der Waals surface area contributed by atoms with Crippen LogP contribution >= 0.6 is 0 Å². The maximum absolute atomic E-state index is 3.41. The highest BCUT2D eigenvalue weighted by molar-refractivity contribution is 5.96. The van der Waals surface area contributed by atoms with Gasteiger partial charge in [0, 0.05) is 37.3 Å².